The van der Waals surface area contributed by atoms with Gasteiger partial charge in [0.05, 0.1) is 0 Å². The molecule has 6 aromatic rings. The number of hydrogen-bond acceptors (Lipinski definition) is 4. The van der Waals surface area contributed by atoms with Gasteiger partial charge in [-0.05, 0) is 0 Å². The van der Waals surface area contributed by atoms with Crippen molar-refractivity contribution >= 4 is 48.5 Å². The first-order chi connectivity index (χ1) is 27.0. The van der Waals surface area contributed by atoms with Crippen LogP contribution in [0.15, 0.2) is 164 Å². The molecule has 0 spiro atoms. The Balaban J connectivity index is 1.32. The second kappa shape index (κ2) is 13.5. The zero-order valence-corrected chi connectivity index (χ0v) is 32.0. The summed E-state index contributed by atoms with van der Waals surface area (Å²) in [7, 11) is 0. The summed E-state index contributed by atoms with van der Waals surface area (Å²) < 4.78 is 27.6. The van der Waals surface area contributed by atoms with Crippen LogP contribution in [0.5, 0.6) is 0 Å². The van der Waals surface area contributed by atoms with Crippen molar-refractivity contribution in [1.29, 1.82) is 0 Å². The van der Waals surface area contributed by atoms with E-state index < -0.39 is 24.6 Å². The van der Waals surface area contributed by atoms with E-state index in [1.165, 1.54) is 10.5 Å². The summed E-state index contributed by atoms with van der Waals surface area (Å²) in [6, 6.07) is 56.8. The van der Waals surface area contributed by atoms with Crippen LogP contribution < -0.4 is 31.1 Å². The SMILES string of the molecule is [2H]C([2H])([2H])N1C=CN2[C]1=[Pt]=[C]1N(C=CN1c1ccc(C(C)(C)C)cc1)c1[c-]c(ccc1)B(c1c(-c3ccccc3)cccc1-c1ccccc1)c1[c-]c2ccc1. The zero-order chi connectivity index (χ0) is 38.6. The summed E-state index contributed by atoms with van der Waals surface area (Å²) in [5.41, 5.74) is 11.6. The monoisotopic (exact) mass is 868 g/mol. The Labute approximate surface area is 325 Å². The Morgan fingerprint density at radius 3 is 1.64 bits per heavy atom. The summed E-state index contributed by atoms with van der Waals surface area (Å²) >= 11 is -1.14. The number of hydrogen-bond donors (Lipinski definition) is 0. The van der Waals surface area contributed by atoms with Gasteiger partial charge in [-0.3, -0.25) is 0 Å². The molecule has 6 heteroatoms. The van der Waals surface area contributed by atoms with Gasteiger partial charge < -0.3 is 0 Å². The van der Waals surface area contributed by atoms with Gasteiger partial charge in [0.15, 0.2) is 0 Å². The summed E-state index contributed by atoms with van der Waals surface area (Å²) in [6.45, 7) is 4.01. The molecule has 9 rings (SSSR count). The number of fused-ring (bicyclic) bond motifs is 8. The fourth-order valence-corrected chi connectivity index (χ4v) is 10.3. The number of nitrogens with zero attached hydrogens (tertiary/aromatic N) is 4. The van der Waals surface area contributed by atoms with Crippen LogP contribution >= 0.6 is 0 Å². The van der Waals surface area contributed by atoms with E-state index >= 15 is 0 Å². The molecule has 3 aliphatic rings. The van der Waals surface area contributed by atoms with Gasteiger partial charge in [0, 0.05) is 0 Å². The van der Waals surface area contributed by atoms with Crippen molar-refractivity contribution in [3.63, 3.8) is 0 Å². The van der Waals surface area contributed by atoms with Crippen LogP contribution in [0.25, 0.3) is 22.3 Å². The van der Waals surface area contributed by atoms with Crippen LogP contribution in [0.3, 0.4) is 0 Å². The Bertz CT molecular complexity index is 2520. The predicted octanol–water partition coefficient (Wildman–Crippen LogP) is 7.73. The second-order valence-corrected chi connectivity index (χ2v) is 17.0. The predicted molar refractivity (Wildman–Crippen MR) is 221 cm³/mol. The van der Waals surface area contributed by atoms with Gasteiger partial charge in [0.1, 0.15) is 0 Å². The second-order valence-electron chi connectivity index (χ2n) is 14.3. The van der Waals surface area contributed by atoms with Crippen LogP contribution in [0.4, 0.5) is 17.1 Å². The minimum absolute atomic E-state index is 0.0152. The van der Waals surface area contributed by atoms with Crippen molar-refractivity contribution in [2.45, 2.75) is 26.2 Å². The van der Waals surface area contributed by atoms with Crippen molar-refractivity contribution in [3.8, 4) is 22.3 Å². The molecule has 3 aliphatic heterocycles. The molecule has 0 radical (unpaired) electrons. The van der Waals surface area contributed by atoms with E-state index in [0.717, 1.165) is 64.0 Å². The standard InChI is InChI=1S/C47H39BN4.Pt/c1-47(2,3)38-24-26-41(27-25-38)51-30-31-52(35-51)43-21-12-19-40(33-43)48(39-18-11-20-42(32-39)50-29-28-49(4)34-50)46-44(36-14-7-5-8-15-36)22-13-23-45(46)37-16-9-6-10-17-37;/h5-31H,1-4H3;/q-2;/i4D3;. The molecular weight excluding hydrogens is 826 g/mol. The van der Waals surface area contributed by atoms with E-state index in [1.807, 2.05) is 17.2 Å². The van der Waals surface area contributed by atoms with Gasteiger partial charge in [-0.15, -0.1) is 0 Å². The molecule has 4 nitrogen and oxygen atoms in total. The minimum atomic E-state index is -2.38. The zero-order valence-electron chi connectivity index (χ0n) is 32.8. The van der Waals surface area contributed by atoms with Crippen molar-refractivity contribution in [1.82, 2.24) is 4.90 Å². The quantitative estimate of drug-likeness (QED) is 0.133. The fraction of sp³-hybridized carbons (Fsp3) is 0.106. The fourth-order valence-electron chi connectivity index (χ4n) is 7.25. The first-order valence-corrected chi connectivity index (χ1v) is 20.1. The maximum absolute atomic E-state index is 8.61. The van der Waals surface area contributed by atoms with E-state index in [0.29, 0.717) is 0 Å². The summed E-state index contributed by atoms with van der Waals surface area (Å²) in [5, 5.41) is 0. The third kappa shape index (κ3) is 6.13. The normalized spacial score (nSPS) is 16.3. The molecular formula is C47H39BN4Pt-2. The third-order valence-corrected chi connectivity index (χ3v) is 13.1. The van der Waals surface area contributed by atoms with Crippen LogP contribution in [-0.2, 0) is 23.1 Å². The van der Waals surface area contributed by atoms with Crippen molar-refractivity contribution in [2.24, 2.45) is 0 Å². The van der Waals surface area contributed by atoms with Crippen molar-refractivity contribution in [2.75, 3.05) is 21.7 Å². The van der Waals surface area contributed by atoms with Crippen molar-refractivity contribution in [3.05, 3.63) is 182 Å². The molecule has 0 aromatic heterocycles. The topological polar surface area (TPSA) is 13.0 Å². The van der Waals surface area contributed by atoms with Gasteiger partial charge in [0.25, 0.3) is 0 Å². The first-order valence-electron chi connectivity index (χ1n) is 19.3. The first kappa shape index (κ1) is 30.0. The molecule has 0 atom stereocenters. The maximum atomic E-state index is 8.61. The molecule has 0 unspecified atom stereocenters. The molecule has 4 bridgehead atoms. The summed E-state index contributed by atoms with van der Waals surface area (Å²) in [4.78, 5) is 7.91. The Hall–Kier alpha value is -5.51. The average molecular weight is 869 g/mol. The van der Waals surface area contributed by atoms with E-state index in [1.54, 1.807) is 6.20 Å². The number of rotatable bonds is 4. The van der Waals surface area contributed by atoms with E-state index in [2.05, 4.69) is 189 Å². The molecule has 0 aliphatic carbocycles. The molecule has 6 aromatic carbocycles. The van der Waals surface area contributed by atoms with Crippen LogP contribution in [0, 0.1) is 12.1 Å². The molecule has 262 valence electrons. The Morgan fingerprint density at radius 1 is 0.547 bits per heavy atom. The van der Waals surface area contributed by atoms with Gasteiger partial charge in [0.2, 0.25) is 0 Å². The molecule has 0 amide bonds. The van der Waals surface area contributed by atoms with E-state index in [4.69, 9.17) is 4.11 Å². The van der Waals surface area contributed by atoms with Gasteiger partial charge in [-0.1, -0.05) is 0 Å². The Morgan fingerprint density at radius 2 is 1.08 bits per heavy atom. The van der Waals surface area contributed by atoms with Crippen molar-refractivity contribution < 1.29 is 21.8 Å². The van der Waals surface area contributed by atoms with Gasteiger partial charge >= 0.3 is 327 Å². The van der Waals surface area contributed by atoms with Crippen LogP contribution in [0.1, 0.15) is 30.4 Å². The van der Waals surface area contributed by atoms with E-state index in [-0.39, 0.29) is 12.1 Å². The van der Waals surface area contributed by atoms with Crippen LogP contribution in [0.2, 0.25) is 0 Å². The molecule has 3 heterocycles. The van der Waals surface area contributed by atoms with Crippen LogP contribution in [-0.4, -0.2) is 26.9 Å². The molecule has 0 fully saturated rings. The summed E-state index contributed by atoms with van der Waals surface area (Å²) in [6.07, 6.45) is 7.76. The average Bonchev–Trinajstić information content (AvgIpc) is 3.84. The van der Waals surface area contributed by atoms with E-state index in [9.17, 15) is 0 Å². The molecule has 0 saturated heterocycles. The molecule has 0 N–H and O–H groups in total. The molecule has 0 saturated carbocycles. The third-order valence-electron chi connectivity index (χ3n) is 9.93. The summed E-state index contributed by atoms with van der Waals surface area (Å²) in [5.74, 6) is 0. The Kier molecular flexibility index (Phi) is 7.63. The van der Waals surface area contributed by atoms with Gasteiger partial charge in [-0.25, -0.2) is 0 Å². The van der Waals surface area contributed by atoms with Gasteiger partial charge in [-0.2, -0.15) is 0 Å². The number of benzene rings is 6. The number of anilines is 3. The molecule has 53 heavy (non-hydrogen) atoms.